The van der Waals surface area contributed by atoms with Gasteiger partial charge in [0.1, 0.15) is 5.60 Å². The average Bonchev–Trinajstić information content (AvgIpc) is 2.37. The monoisotopic (exact) mass is 338 g/mol. The van der Waals surface area contributed by atoms with Gasteiger partial charge in [0.2, 0.25) is 0 Å². The molecule has 2 rings (SSSR count). The molecule has 1 aliphatic carbocycles. The second kappa shape index (κ2) is 6.19. The lowest BCUT2D eigenvalue weighted by Gasteiger charge is -2.42. The first-order chi connectivity index (χ1) is 9.35. The predicted molar refractivity (Wildman–Crippen MR) is 89.3 cm³/mol. The summed E-state index contributed by atoms with van der Waals surface area (Å²) in [7, 11) is 0. The van der Waals surface area contributed by atoms with Gasteiger partial charge in [-0.25, -0.2) is 0 Å². The normalized spacial score (nSPS) is 28.9. The van der Waals surface area contributed by atoms with E-state index in [0.717, 1.165) is 17.7 Å². The molecule has 1 nitrogen and oxygen atoms in total. The van der Waals surface area contributed by atoms with Gasteiger partial charge >= 0.3 is 0 Å². The van der Waals surface area contributed by atoms with E-state index in [1.54, 1.807) is 0 Å². The Balaban J connectivity index is 2.14. The summed E-state index contributed by atoms with van der Waals surface area (Å²) < 4.78 is 6.57. The Morgan fingerprint density at radius 2 is 1.90 bits per heavy atom. The Morgan fingerprint density at radius 1 is 1.25 bits per heavy atom. The first kappa shape index (κ1) is 16.0. The van der Waals surface area contributed by atoms with Crippen LogP contribution in [0.2, 0.25) is 0 Å². The molecule has 0 bridgehead atoms. The number of halogens is 1. The largest absolute Gasteiger partial charge is 0.366 e. The highest BCUT2D eigenvalue weighted by atomic mass is 79.9. The highest BCUT2D eigenvalue weighted by Crippen LogP contribution is 2.42. The summed E-state index contributed by atoms with van der Waals surface area (Å²) in [5.41, 5.74) is 1.42. The molecule has 1 aromatic carbocycles. The van der Waals surface area contributed by atoms with E-state index in [1.165, 1.54) is 18.4 Å². The molecular weight excluding hydrogens is 312 g/mol. The van der Waals surface area contributed by atoms with Gasteiger partial charge in [0.25, 0.3) is 0 Å². The molecular formula is C18H27BrO. The van der Waals surface area contributed by atoms with E-state index in [9.17, 15) is 0 Å². The molecule has 112 valence electrons. The SMILES string of the molecule is CC1CC(OC(C)(CBr)c2ccccc2)CC(C)(C)C1. The number of benzene rings is 1. The molecule has 1 aromatic rings. The smallest absolute Gasteiger partial charge is 0.100 e. The summed E-state index contributed by atoms with van der Waals surface area (Å²) >= 11 is 3.65. The van der Waals surface area contributed by atoms with Crippen molar-refractivity contribution >= 4 is 15.9 Å². The summed E-state index contributed by atoms with van der Waals surface area (Å²) in [6.45, 7) is 9.29. The molecule has 0 amide bonds. The van der Waals surface area contributed by atoms with Crippen molar-refractivity contribution in [3.05, 3.63) is 35.9 Å². The van der Waals surface area contributed by atoms with Crippen molar-refractivity contribution in [3.8, 4) is 0 Å². The molecule has 1 aliphatic rings. The van der Waals surface area contributed by atoms with Crippen LogP contribution in [0.25, 0.3) is 0 Å². The zero-order valence-electron chi connectivity index (χ0n) is 13.2. The number of hydrogen-bond acceptors (Lipinski definition) is 1. The molecule has 0 heterocycles. The minimum Gasteiger partial charge on any atom is -0.366 e. The molecule has 0 saturated heterocycles. The fraction of sp³-hybridized carbons (Fsp3) is 0.667. The van der Waals surface area contributed by atoms with Crippen molar-refractivity contribution in [2.24, 2.45) is 11.3 Å². The van der Waals surface area contributed by atoms with E-state index in [2.05, 4.69) is 74.0 Å². The number of rotatable bonds is 4. The van der Waals surface area contributed by atoms with E-state index >= 15 is 0 Å². The molecule has 1 fully saturated rings. The Morgan fingerprint density at radius 3 is 2.45 bits per heavy atom. The zero-order chi connectivity index (χ0) is 14.8. The Bertz CT molecular complexity index is 428. The fourth-order valence-electron chi connectivity index (χ4n) is 3.68. The fourth-order valence-corrected chi connectivity index (χ4v) is 4.14. The third-order valence-corrected chi connectivity index (χ3v) is 5.48. The lowest BCUT2D eigenvalue weighted by atomic mass is 9.71. The molecule has 3 unspecified atom stereocenters. The Labute approximate surface area is 132 Å². The average molecular weight is 339 g/mol. The second-order valence-electron chi connectivity index (χ2n) is 7.38. The maximum absolute atomic E-state index is 6.57. The van der Waals surface area contributed by atoms with Crippen LogP contribution in [0, 0.1) is 11.3 Å². The third-order valence-electron chi connectivity index (χ3n) is 4.41. The molecule has 0 aliphatic heterocycles. The van der Waals surface area contributed by atoms with Gasteiger partial charge in [-0.1, -0.05) is 67.0 Å². The van der Waals surface area contributed by atoms with Gasteiger partial charge in [-0.15, -0.1) is 0 Å². The molecule has 2 heteroatoms. The zero-order valence-corrected chi connectivity index (χ0v) is 14.7. The van der Waals surface area contributed by atoms with Crippen molar-refractivity contribution in [3.63, 3.8) is 0 Å². The molecule has 0 N–H and O–H groups in total. The van der Waals surface area contributed by atoms with Crippen molar-refractivity contribution in [1.82, 2.24) is 0 Å². The maximum atomic E-state index is 6.57. The summed E-state index contributed by atoms with van der Waals surface area (Å²) in [5, 5.41) is 0.829. The Hall–Kier alpha value is -0.340. The number of ether oxygens (including phenoxy) is 1. The Kier molecular flexibility index (Phi) is 4.96. The molecule has 0 aromatic heterocycles. The molecule has 0 radical (unpaired) electrons. The van der Waals surface area contributed by atoms with E-state index < -0.39 is 0 Å². The van der Waals surface area contributed by atoms with Crippen molar-refractivity contribution in [2.45, 2.75) is 58.7 Å². The van der Waals surface area contributed by atoms with Gasteiger partial charge in [0, 0.05) is 5.33 Å². The topological polar surface area (TPSA) is 9.23 Å². The standard InChI is InChI=1S/C18H27BrO/c1-14-10-16(12-17(2,3)11-14)20-18(4,13-19)15-8-6-5-7-9-15/h5-9,14,16H,10-13H2,1-4H3. The molecule has 0 spiro atoms. The van der Waals surface area contributed by atoms with Gasteiger partial charge in [0.05, 0.1) is 6.10 Å². The molecule has 1 saturated carbocycles. The van der Waals surface area contributed by atoms with E-state index in [-0.39, 0.29) is 5.60 Å². The first-order valence-electron chi connectivity index (χ1n) is 7.64. The number of alkyl halides is 1. The molecule has 3 atom stereocenters. The second-order valence-corrected chi connectivity index (χ2v) is 7.94. The van der Waals surface area contributed by atoms with E-state index in [0.29, 0.717) is 11.5 Å². The van der Waals surface area contributed by atoms with Crippen LogP contribution < -0.4 is 0 Å². The van der Waals surface area contributed by atoms with Gasteiger partial charge in [0.15, 0.2) is 0 Å². The van der Waals surface area contributed by atoms with Gasteiger partial charge < -0.3 is 4.74 Å². The maximum Gasteiger partial charge on any atom is 0.100 e. The first-order valence-corrected chi connectivity index (χ1v) is 8.76. The summed E-state index contributed by atoms with van der Waals surface area (Å²) in [6, 6.07) is 10.6. The van der Waals surface area contributed by atoms with Crippen LogP contribution in [-0.2, 0) is 10.3 Å². The summed E-state index contributed by atoms with van der Waals surface area (Å²) in [6.07, 6.45) is 4.01. The summed E-state index contributed by atoms with van der Waals surface area (Å²) in [4.78, 5) is 0. The lowest BCUT2D eigenvalue weighted by molar-refractivity contribution is -0.110. The summed E-state index contributed by atoms with van der Waals surface area (Å²) in [5.74, 6) is 0.749. The van der Waals surface area contributed by atoms with Crippen molar-refractivity contribution in [2.75, 3.05) is 5.33 Å². The van der Waals surface area contributed by atoms with E-state index in [1.807, 2.05) is 0 Å². The van der Waals surface area contributed by atoms with Crippen LogP contribution >= 0.6 is 15.9 Å². The van der Waals surface area contributed by atoms with Crippen LogP contribution in [0.4, 0.5) is 0 Å². The van der Waals surface area contributed by atoms with Gasteiger partial charge in [-0.3, -0.25) is 0 Å². The number of hydrogen-bond donors (Lipinski definition) is 0. The van der Waals surface area contributed by atoms with E-state index in [4.69, 9.17) is 4.74 Å². The molecule has 20 heavy (non-hydrogen) atoms. The van der Waals surface area contributed by atoms with Crippen molar-refractivity contribution < 1.29 is 4.74 Å². The quantitative estimate of drug-likeness (QED) is 0.656. The van der Waals surface area contributed by atoms with Crippen molar-refractivity contribution in [1.29, 1.82) is 0 Å². The lowest BCUT2D eigenvalue weighted by Crippen LogP contribution is -2.39. The van der Waals surface area contributed by atoms with Crippen LogP contribution in [-0.4, -0.2) is 11.4 Å². The van der Waals surface area contributed by atoms with Gasteiger partial charge in [-0.2, -0.15) is 0 Å². The van der Waals surface area contributed by atoms with Crippen LogP contribution in [0.5, 0.6) is 0 Å². The predicted octanol–water partition coefficient (Wildman–Crippen LogP) is 5.53. The van der Waals surface area contributed by atoms with Crippen LogP contribution in [0.3, 0.4) is 0 Å². The highest BCUT2D eigenvalue weighted by molar-refractivity contribution is 9.09. The minimum absolute atomic E-state index is 0.237. The minimum atomic E-state index is -0.237. The van der Waals surface area contributed by atoms with Crippen LogP contribution in [0.15, 0.2) is 30.3 Å². The van der Waals surface area contributed by atoms with Crippen LogP contribution in [0.1, 0.15) is 52.5 Å². The highest BCUT2D eigenvalue weighted by Gasteiger charge is 2.37. The third kappa shape index (κ3) is 3.85. The van der Waals surface area contributed by atoms with Gasteiger partial charge in [-0.05, 0) is 43.1 Å².